The van der Waals surface area contributed by atoms with E-state index in [2.05, 4.69) is 20.9 Å². The highest BCUT2D eigenvalue weighted by Gasteiger charge is 2.24. The summed E-state index contributed by atoms with van der Waals surface area (Å²) in [6.45, 7) is 3.73. The number of hydrogen-bond donors (Lipinski definition) is 1. The molecule has 4 rings (SSSR count). The Morgan fingerprint density at radius 1 is 1.27 bits per heavy atom. The number of fused-ring (bicyclic) bond motifs is 1. The van der Waals surface area contributed by atoms with Crippen LogP contribution >= 0.6 is 0 Å². The minimum absolute atomic E-state index is 0.322. The van der Waals surface area contributed by atoms with Gasteiger partial charge in [0.15, 0.2) is 11.5 Å². The fourth-order valence-corrected chi connectivity index (χ4v) is 3.61. The van der Waals surface area contributed by atoms with Crippen LogP contribution in [-0.4, -0.2) is 50.0 Å². The van der Waals surface area contributed by atoms with Crippen LogP contribution in [0, 0.1) is 5.92 Å². The second-order valence-corrected chi connectivity index (χ2v) is 6.71. The van der Waals surface area contributed by atoms with Crippen molar-refractivity contribution in [2.24, 2.45) is 5.92 Å². The summed E-state index contributed by atoms with van der Waals surface area (Å²) in [4.78, 5) is 11.0. The molecule has 2 N–H and O–H groups in total. The first-order chi connectivity index (χ1) is 12.7. The van der Waals surface area contributed by atoms with Gasteiger partial charge in [-0.2, -0.15) is 4.98 Å². The van der Waals surface area contributed by atoms with Crippen molar-refractivity contribution < 1.29 is 14.2 Å². The molecule has 0 bridgehead atoms. The summed E-state index contributed by atoms with van der Waals surface area (Å²) in [6, 6.07) is 8.07. The molecule has 3 heterocycles. The van der Waals surface area contributed by atoms with Crippen LogP contribution in [0.4, 0.5) is 11.8 Å². The van der Waals surface area contributed by atoms with E-state index in [4.69, 9.17) is 19.9 Å². The number of benzene rings is 1. The number of nitrogen functional groups attached to an aromatic ring is 1. The van der Waals surface area contributed by atoms with Crippen LogP contribution in [0.1, 0.15) is 11.3 Å². The number of rotatable bonds is 4. The standard InChI is InChI=1S/C19H24N4O3/c1-24-16-4-2-3-14-9-13(12-26-18(14)16)10-15-11-17(22-19(20)21-15)23-5-7-25-8-6-23/h2-4,11,13H,5-10,12H2,1H3,(H2,20,21,22)/t13-/m0/s1. The van der Waals surface area contributed by atoms with Crippen molar-refractivity contribution in [3.05, 3.63) is 35.5 Å². The Bertz CT molecular complexity index is 777. The van der Waals surface area contributed by atoms with Crippen LogP contribution < -0.4 is 20.1 Å². The molecular weight excluding hydrogens is 332 g/mol. The van der Waals surface area contributed by atoms with Gasteiger partial charge in [0.25, 0.3) is 0 Å². The summed E-state index contributed by atoms with van der Waals surface area (Å²) in [5.74, 6) is 3.21. The monoisotopic (exact) mass is 356 g/mol. The maximum absolute atomic E-state index is 5.98. The Labute approximate surface area is 153 Å². The molecule has 1 fully saturated rings. The Hall–Kier alpha value is -2.54. The summed E-state index contributed by atoms with van der Waals surface area (Å²) in [5.41, 5.74) is 8.09. The van der Waals surface area contributed by atoms with Gasteiger partial charge in [-0.25, -0.2) is 4.98 Å². The van der Waals surface area contributed by atoms with Gasteiger partial charge in [0.2, 0.25) is 5.95 Å². The average molecular weight is 356 g/mol. The minimum atomic E-state index is 0.322. The number of para-hydroxylation sites is 1. The molecule has 7 heteroatoms. The van der Waals surface area contributed by atoms with Crippen LogP contribution in [0.2, 0.25) is 0 Å². The molecule has 1 aromatic carbocycles. The fraction of sp³-hybridized carbons (Fsp3) is 0.474. The third kappa shape index (κ3) is 3.53. The van der Waals surface area contributed by atoms with Gasteiger partial charge in [-0.15, -0.1) is 0 Å². The van der Waals surface area contributed by atoms with Gasteiger partial charge in [-0.05, 0) is 24.5 Å². The van der Waals surface area contributed by atoms with Gasteiger partial charge in [0.1, 0.15) is 5.82 Å². The normalized spacial score (nSPS) is 19.6. The molecule has 0 radical (unpaired) electrons. The predicted molar refractivity (Wildman–Crippen MR) is 98.9 cm³/mol. The molecule has 2 aromatic rings. The second kappa shape index (κ2) is 7.37. The lowest BCUT2D eigenvalue weighted by Crippen LogP contribution is -2.37. The number of hydrogen-bond acceptors (Lipinski definition) is 7. The van der Waals surface area contributed by atoms with Crippen molar-refractivity contribution >= 4 is 11.8 Å². The molecule has 0 amide bonds. The van der Waals surface area contributed by atoms with Crippen molar-refractivity contribution in [3.63, 3.8) is 0 Å². The number of morpholine rings is 1. The van der Waals surface area contributed by atoms with E-state index >= 15 is 0 Å². The lowest BCUT2D eigenvalue weighted by Gasteiger charge is -2.29. The maximum Gasteiger partial charge on any atom is 0.222 e. The van der Waals surface area contributed by atoms with E-state index in [1.165, 1.54) is 5.56 Å². The van der Waals surface area contributed by atoms with E-state index in [1.54, 1.807) is 7.11 Å². The summed E-state index contributed by atoms with van der Waals surface area (Å²) in [5, 5.41) is 0. The number of nitrogens with two attached hydrogens (primary N) is 1. The molecule has 138 valence electrons. The van der Waals surface area contributed by atoms with E-state index < -0.39 is 0 Å². The fourth-order valence-electron chi connectivity index (χ4n) is 3.61. The molecule has 7 nitrogen and oxygen atoms in total. The van der Waals surface area contributed by atoms with Crippen LogP contribution in [0.5, 0.6) is 11.5 Å². The summed E-state index contributed by atoms with van der Waals surface area (Å²) >= 11 is 0. The topological polar surface area (TPSA) is 82.7 Å². The summed E-state index contributed by atoms with van der Waals surface area (Å²) in [6.07, 6.45) is 1.74. The summed E-state index contributed by atoms with van der Waals surface area (Å²) in [7, 11) is 1.67. The Balaban J connectivity index is 1.50. The lowest BCUT2D eigenvalue weighted by molar-refractivity contribution is 0.122. The molecule has 1 saturated heterocycles. The first-order valence-corrected chi connectivity index (χ1v) is 8.97. The first kappa shape index (κ1) is 16.9. The highest BCUT2D eigenvalue weighted by atomic mass is 16.5. The van der Waals surface area contributed by atoms with Crippen molar-refractivity contribution in [1.29, 1.82) is 0 Å². The molecule has 2 aliphatic heterocycles. The first-order valence-electron chi connectivity index (χ1n) is 8.97. The highest BCUT2D eigenvalue weighted by Crippen LogP contribution is 2.36. The van der Waals surface area contributed by atoms with Gasteiger partial charge in [-0.3, -0.25) is 0 Å². The zero-order chi connectivity index (χ0) is 17.9. The molecule has 0 unspecified atom stereocenters. The van der Waals surface area contributed by atoms with Gasteiger partial charge in [0.05, 0.1) is 26.9 Å². The van der Waals surface area contributed by atoms with Crippen molar-refractivity contribution in [2.75, 3.05) is 50.7 Å². The molecule has 0 aliphatic carbocycles. The van der Waals surface area contributed by atoms with Crippen molar-refractivity contribution in [2.45, 2.75) is 12.8 Å². The molecule has 1 aromatic heterocycles. The zero-order valence-electron chi connectivity index (χ0n) is 15.0. The Morgan fingerprint density at radius 2 is 2.12 bits per heavy atom. The highest BCUT2D eigenvalue weighted by molar-refractivity contribution is 5.48. The third-order valence-corrected chi connectivity index (χ3v) is 4.87. The van der Waals surface area contributed by atoms with Gasteiger partial charge in [-0.1, -0.05) is 12.1 Å². The van der Waals surface area contributed by atoms with Gasteiger partial charge >= 0.3 is 0 Å². The molecule has 1 atom stereocenters. The molecule has 26 heavy (non-hydrogen) atoms. The lowest BCUT2D eigenvalue weighted by atomic mass is 9.92. The zero-order valence-corrected chi connectivity index (χ0v) is 15.0. The molecule has 0 spiro atoms. The second-order valence-electron chi connectivity index (χ2n) is 6.71. The SMILES string of the molecule is COc1cccc2c1OC[C@H](Cc1cc(N3CCOCC3)nc(N)n1)C2. The molecule has 2 aliphatic rings. The number of methoxy groups -OCH3 is 1. The maximum atomic E-state index is 5.98. The number of nitrogens with zero attached hydrogens (tertiary/aromatic N) is 3. The summed E-state index contributed by atoms with van der Waals surface area (Å²) < 4.78 is 16.8. The van der Waals surface area contributed by atoms with Crippen LogP contribution in [0.25, 0.3) is 0 Å². The largest absolute Gasteiger partial charge is 0.493 e. The van der Waals surface area contributed by atoms with E-state index in [-0.39, 0.29) is 0 Å². The van der Waals surface area contributed by atoms with Gasteiger partial charge < -0.3 is 24.8 Å². The predicted octanol–water partition coefficient (Wildman–Crippen LogP) is 1.70. The number of aromatic nitrogens is 2. The van der Waals surface area contributed by atoms with Gasteiger partial charge in [0, 0.05) is 30.8 Å². The smallest absolute Gasteiger partial charge is 0.222 e. The quantitative estimate of drug-likeness (QED) is 0.893. The van der Waals surface area contributed by atoms with E-state index in [9.17, 15) is 0 Å². The Kier molecular flexibility index (Phi) is 4.79. The third-order valence-electron chi connectivity index (χ3n) is 4.87. The number of anilines is 2. The minimum Gasteiger partial charge on any atom is -0.493 e. The van der Waals surface area contributed by atoms with E-state index in [1.807, 2.05) is 18.2 Å². The Morgan fingerprint density at radius 3 is 2.92 bits per heavy atom. The molecular formula is C19H24N4O3. The van der Waals surface area contributed by atoms with Crippen LogP contribution in [-0.2, 0) is 17.6 Å². The van der Waals surface area contributed by atoms with Crippen molar-refractivity contribution in [3.8, 4) is 11.5 Å². The van der Waals surface area contributed by atoms with E-state index in [0.717, 1.165) is 48.9 Å². The van der Waals surface area contributed by atoms with Crippen molar-refractivity contribution in [1.82, 2.24) is 9.97 Å². The average Bonchev–Trinajstić information content (AvgIpc) is 2.67. The molecule has 0 saturated carbocycles. The number of ether oxygens (including phenoxy) is 3. The van der Waals surface area contributed by atoms with Crippen LogP contribution in [0.15, 0.2) is 24.3 Å². The van der Waals surface area contributed by atoms with Crippen LogP contribution in [0.3, 0.4) is 0 Å². The van der Waals surface area contributed by atoms with E-state index in [0.29, 0.717) is 31.7 Å².